The van der Waals surface area contributed by atoms with Crippen molar-refractivity contribution in [2.75, 3.05) is 6.61 Å². The summed E-state index contributed by atoms with van der Waals surface area (Å²) in [5, 5.41) is 0. The molecular weight excluding hydrogens is 248 g/mol. The molecule has 76 valence electrons. The summed E-state index contributed by atoms with van der Waals surface area (Å²) in [6.45, 7) is 0.319. The van der Waals surface area contributed by atoms with Crippen LogP contribution < -0.4 is 16.0 Å². The topological polar surface area (TPSA) is 64.3 Å². The lowest BCUT2D eigenvalue weighted by molar-refractivity contribution is -0.121. The summed E-state index contributed by atoms with van der Waals surface area (Å²) in [5.41, 5.74) is 2.03. The minimum atomic E-state index is -0.236. The molecule has 0 saturated heterocycles. The largest absolute Gasteiger partial charge is 0.493 e. The van der Waals surface area contributed by atoms with Crippen LogP contribution in [0.3, 0.4) is 0 Å². The number of amides is 1. The van der Waals surface area contributed by atoms with Crippen molar-refractivity contribution in [2.24, 2.45) is 5.84 Å². The van der Waals surface area contributed by atoms with Crippen molar-refractivity contribution < 1.29 is 9.53 Å². The van der Waals surface area contributed by atoms with Gasteiger partial charge in [0.25, 0.3) is 0 Å². The van der Waals surface area contributed by atoms with Gasteiger partial charge in [-0.1, -0.05) is 22.0 Å². The molecule has 1 aromatic carbocycles. The van der Waals surface area contributed by atoms with E-state index in [1.165, 1.54) is 0 Å². The van der Waals surface area contributed by atoms with Gasteiger partial charge in [-0.3, -0.25) is 10.2 Å². The van der Waals surface area contributed by atoms with Gasteiger partial charge in [0.05, 0.1) is 13.0 Å². The van der Waals surface area contributed by atoms with Gasteiger partial charge in [0.15, 0.2) is 0 Å². The fourth-order valence-electron chi connectivity index (χ4n) is 0.891. The third-order valence-corrected chi connectivity index (χ3v) is 2.05. The number of ether oxygens (including phenoxy) is 1. The van der Waals surface area contributed by atoms with Crippen LogP contribution in [-0.4, -0.2) is 12.5 Å². The maximum atomic E-state index is 10.7. The molecule has 0 radical (unpaired) electrons. The van der Waals surface area contributed by atoms with E-state index in [2.05, 4.69) is 15.9 Å². The van der Waals surface area contributed by atoms with E-state index in [1.807, 2.05) is 29.7 Å². The number of hydrogen-bond donors (Lipinski definition) is 2. The quantitative estimate of drug-likeness (QED) is 0.485. The van der Waals surface area contributed by atoms with E-state index < -0.39 is 0 Å². The minimum absolute atomic E-state index is 0.236. The second-order valence-corrected chi connectivity index (χ2v) is 3.54. The molecule has 0 aliphatic rings. The van der Waals surface area contributed by atoms with Gasteiger partial charge in [-0.15, -0.1) is 0 Å². The molecule has 0 atom stereocenters. The lowest BCUT2D eigenvalue weighted by Crippen LogP contribution is -2.31. The first-order valence-corrected chi connectivity index (χ1v) is 4.89. The fraction of sp³-hybridized carbons (Fsp3) is 0.222. The molecule has 1 amide bonds. The number of nitrogens with one attached hydrogen (secondary N) is 1. The number of nitrogens with two attached hydrogens (primary N) is 1. The second kappa shape index (κ2) is 5.62. The zero-order valence-electron chi connectivity index (χ0n) is 7.50. The summed E-state index contributed by atoms with van der Waals surface area (Å²) in [6, 6.07) is 7.42. The number of carbonyl (C=O) groups excluding carboxylic acids is 1. The molecule has 1 aromatic rings. The molecule has 0 aliphatic carbocycles. The van der Waals surface area contributed by atoms with Crippen molar-refractivity contribution in [3.8, 4) is 5.75 Å². The van der Waals surface area contributed by atoms with Crippen molar-refractivity contribution in [3.05, 3.63) is 28.7 Å². The molecule has 3 N–H and O–H groups in total. The van der Waals surface area contributed by atoms with Crippen molar-refractivity contribution in [1.29, 1.82) is 0 Å². The Bertz CT molecular complexity index is 317. The maximum Gasteiger partial charge on any atom is 0.237 e. The lowest BCUT2D eigenvalue weighted by atomic mass is 10.3. The van der Waals surface area contributed by atoms with Gasteiger partial charge in [-0.2, -0.15) is 0 Å². The van der Waals surface area contributed by atoms with Crippen LogP contribution in [0.1, 0.15) is 6.42 Å². The van der Waals surface area contributed by atoms with Gasteiger partial charge in [0.1, 0.15) is 5.75 Å². The van der Waals surface area contributed by atoms with Crippen LogP contribution in [0.4, 0.5) is 0 Å². The average Bonchev–Trinajstić information content (AvgIpc) is 2.17. The van der Waals surface area contributed by atoms with Crippen LogP contribution in [0.2, 0.25) is 0 Å². The van der Waals surface area contributed by atoms with Crippen molar-refractivity contribution >= 4 is 21.8 Å². The Balaban J connectivity index is 2.35. The van der Waals surface area contributed by atoms with Crippen LogP contribution in [0.25, 0.3) is 0 Å². The molecule has 0 aromatic heterocycles. The maximum absolute atomic E-state index is 10.7. The van der Waals surface area contributed by atoms with Crippen molar-refractivity contribution in [1.82, 2.24) is 5.43 Å². The smallest absolute Gasteiger partial charge is 0.237 e. The monoisotopic (exact) mass is 258 g/mol. The Kier molecular flexibility index (Phi) is 4.42. The Hall–Kier alpha value is -1.07. The number of halogens is 1. The third-order valence-electron chi connectivity index (χ3n) is 1.55. The van der Waals surface area contributed by atoms with Gasteiger partial charge in [-0.05, 0) is 18.2 Å². The van der Waals surface area contributed by atoms with Crippen LogP contribution >= 0.6 is 15.9 Å². The summed E-state index contributed by atoms with van der Waals surface area (Å²) in [4.78, 5) is 10.7. The van der Waals surface area contributed by atoms with Gasteiger partial charge < -0.3 is 4.74 Å². The van der Waals surface area contributed by atoms with Crippen LogP contribution in [-0.2, 0) is 4.79 Å². The highest BCUT2D eigenvalue weighted by Gasteiger charge is 1.99. The summed E-state index contributed by atoms with van der Waals surface area (Å²) in [6.07, 6.45) is 0.253. The molecule has 0 spiro atoms. The molecule has 0 bridgehead atoms. The molecule has 0 aliphatic heterocycles. The van der Waals surface area contributed by atoms with E-state index in [0.717, 1.165) is 10.2 Å². The summed E-state index contributed by atoms with van der Waals surface area (Å²) in [7, 11) is 0. The second-order valence-electron chi connectivity index (χ2n) is 2.62. The molecular formula is C9H11BrN2O2. The van der Waals surface area contributed by atoms with E-state index >= 15 is 0 Å². The van der Waals surface area contributed by atoms with E-state index in [1.54, 1.807) is 0 Å². The van der Waals surface area contributed by atoms with Crippen LogP contribution in [0.15, 0.2) is 28.7 Å². The number of benzene rings is 1. The molecule has 0 saturated carbocycles. The van der Waals surface area contributed by atoms with E-state index in [9.17, 15) is 4.79 Å². The van der Waals surface area contributed by atoms with Gasteiger partial charge in [0, 0.05) is 4.47 Å². The summed E-state index contributed by atoms with van der Waals surface area (Å²) in [5.74, 6) is 5.40. The predicted octanol–water partition coefficient (Wildman–Crippen LogP) is 1.21. The highest BCUT2D eigenvalue weighted by molar-refractivity contribution is 9.10. The molecule has 14 heavy (non-hydrogen) atoms. The van der Waals surface area contributed by atoms with Gasteiger partial charge in [0.2, 0.25) is 5.91 Å². The first-order chi connectivity index (χ1) is 6.72. The standard InChI is InChI=1S/C9H11BrN2O2/c10-7-2-1-3-8(6-7)14-5-4-9(13)12-11/h1-3,6H,4-5,11H2,(H,12,13). The highest BCUT2D eigenvalue weighted by Crippen LogP contribution is 2.17. The predicted molar refractivity (Wildman–Crippen MR) is 56.6 cm³/mol. The molecule has 0 heterocycles. The first-order valence-electron chi connectivity index (χ1n) is 4.10. The lowest BCUT2D eigenvalue weighted by Gasteiger charge is -2.05. The van der Waals surface area contributed by atoms with Crippen molar-refractivity contribution in [3.63, 3.8) is 0 Å². The van der Waals surface area contributed by atoms with E-state index in [-0.39, 0.29) is 12.3 Å². The van der Waals surface area contributed by atoms with Crippen LogP contribution in [0.5, 0.6) is 5.75 Å². The Morgan fingerprint density at radius 2 is 2.36 bits per heavy atom. The fourth-order valence-corrected chi connectivity index (χ4v) is 1.27. The SMILES string of the molecule is NNC(=O)CCOc1cccc(Br)c1. The highest BCUT2D eigenvalue weighted by atomic mass is 79.9. The Morgan fingerprint density at radius 3 is 3.00 bits per heavy atom. The Morgan fingerprint density at radius 1 is 1.57 bits per heavy atom. The summed E-state index contributed by atoms with van der Waals surface area (Å²) < 4.78 is 6.26. The van der Waals surface area contributed by atoms with Gasteiger partial charge >= 0.3 is 0 Å². The molecule has 0 fully saturated rings. The molecule has 5 heteroatoms. The zero-order chi connectivity index (χ0) is 10.4. The zero-order valence-corrected chi connectivity index (χ0v) is 9.08. The average molecular weight is 259 g/mol. The third kappa shape index (κ3) is 3.76. The van der Waals surface area contributed by atoms with Gasteiger partial charge in [-0.25, -0.2) is 5.84 Å². The number of rotatable bonds is 4. The number of hydrazine groups is 1. The minimum Gasteiger partial charge on any atom is -0.493 e. The molecule has 4 nitrogen and oxygen atoms in total. The molecule has 0 unspecified atom stereocenters. The first kappa shape index (κ1) is 11.0. The number of carbonyl (C=O) groups is 1. The number of hydrogen-bond acceptors (Lipinski definition) is 3. The summed E-state index contributed by atoms with van der Waals surface area (Å²) >= 11 is 3.32. The van der Waals surface area contributed by atoms with Crippen LogP contribution in [0, 0.1) is 0 Å². The van der Waals surface area contributed by atoms with Crippen molar-refractivity contribution in [2.45, 2.75) is 6.42 Å². The normalized spacial score (nSPS) is 9.57. The molecule has 1 rings (SSSR count). The van der Waals surface area contributed by atoms with E-state index in [0.29, 0.717) is 6.61 Å². The van der Waals surface area contributed by atoms with E-state index in [4.69, 9.17) is 10.6 Å². The Labute approximate surface area is 90.5 Å².